The van der Waals surface area contributed by atoms with E-state index in [2.05, 4.69) is 28.2 Å². The normalized spacial score (nSPS) is 16.1. The Morgan fingerprint density at radius 1 is 1.44 bits per heavy atom. The number of amides is 2. The number of nitrogens with one attached hydrogen (secondary N) is 1. The summed E-state index contributed by atoms with van der Waals surface area (Å²) in [6.45, 7) is 5.64. The molecule has 0 spiro atoms. The zero-order chi connectivity index (χ0) is 17.6. The number of carbonyl (C=O) groups excluding carboxylic acids is 1. The molecule has 7 heteroatoms. The highest BCUT2D eigenvalue weighted by atomic mass is 16.5. The molecule has 2 heterocycles. The molecule has 0 unspecified atom stereocenters. The van der Waals surface area contributed by atoms with Crippen LogP contribution in [0, 0.1) is 0 Å². The Kier molecular flexibility index (Phi) is 5.42. The number of hydrogen-bond acceptors (Lipinski definition) is 4. The van der Waals surface area contributed by atoms with Gasteiger partial charge in [-0.25, -0.2) is 9.78 Å². The van der Waals surface area contributed by atoms with Crippen LogP contribution in [-0.4, -0.2) is 59.8 Å². The third kappa shape index (κ3) is 4.23. The summed E-state index contributed by atoms with van der Waals surface area (Å²) in [6, 6.07) is 7.95. The minimum Gasteiger partial charge on any atom is -0.485 e. The fourth-order valence-corrected chi connectivity index (χ4v) is 3.01. The van der Waals surface area contributed by atoms with Crippen LogP contribution in [0.1, 0.15) is 6.92 Å². The van der Waals surface area contributed by atoms with Crippen LogP contribution in [0.2, 0.25) is 0 Å². The average molecular weight is 343 g/mol. The second-order valence-corrected chi connectivity index (χ2v) is 6.16. The average Bonchev–Trinajstić information content (AvgIpc) is 3.14. The Morgan fingerprint density at radius 2 is 2.28 bits per heavy atom. The molecule has 1 aromatic carbocycles. The lowest BCUT2D eigenvalue weighted by molar-refractivity contribution is 0.145. The van der Waals surface area contributed by atoms with Gasteiger partial charge in [-0.2, -0.15) is 0 Å². The molecular weight excluding hydrogens is 318 g/mol. The lowest BCUT2D eigenvalue weighted by Crippen LogP contribution is -2.49. The van der Waals surface area contributed by atoms with E-state index in [1.54, 1.807) is 24.5 Å². The molecule has 1 aromatic heterocycles. The Balaban J connectivity index is 1.50. The Labute approximate surface area is 148 Å². The molecular formula is C18H25N5O2. The van der Waals surface area contributed by atoms with Crippen molar-refractivity contribution in [2.24, 2.45) is 0 Å². The molecule has 0 aliphatic carbocycles. The second kappa shape index (κ2) is 7.92. The molecule has 1 aliphatic heterocycles. The molecule has 2 amide bonds. The highest BCUT2D eigenvalue weighted by molar-refractivity contribution is 5.73. The molecule has 0 bridgehead atoms. The fraction of sp³-hybridized carbons (Fsp3) is 0.444. The lowest BCUT2D eigenvalue weighted by Gasteiger charge is -2.37. The molecule has 3 rings (SSSR count). The molecule has 1 N–H and O–H groups in total. The summed E-state index contributed by atoms with van der Waals surface area (Å²) in [4.78, 5) is 20.2. The van der Waals surface area contributed by atoms with Crippen molar-refractivity contribution >= 4 is 11.7 Å². The molecule has 7 nitrogen and oxygen atoms in total. The Bertz CT molecular complexity index is 689. The van der Waals surface area contributed by atoms with Crippen molar-refractivity contribution in [1.82, 2.24) is 19.8 Å². The maximum absolute atomic E-state index is 12.3. The molecule has 134 valence electrons. The van der Waals surface area contributed by atoms with Gasteiger partial charge in [0.05, 0.1) is 25.1 Å². The first-order valence-corrected chi connectivity index (χ1v) is 8.62. The number of carbonyl (C=O) groups is 1. The minimum atomic E-state index is -0.0920. The number of ether oxygens (including phenoxy) is 1. The molecule has 0 saturated heterocycles. The standard InChI is InChI=1S/C18H25N5O2/c1-3-23-13-15(25-17-7-5-4-6-16(17)23)12-21(2)18(24)20-9-11-22-10-8-19-14-22/h4-8,10,14-15H,3,9,11-13H2,1-2H3,(H,20,24)/t15-/m0/s1. The van der Waals surface area contributed by atoms with Crippen LogP contribution < -0.4 is 15.0 Å². The van der Waals surface area contributed by atoms with Gasteiger partial charge >= 0.3 is 6.03 Å². The number of aromatic nitrogens is 2. The topological polar surface area (TPSA) is 62.6 Å². The van der Waals surface area contributed by atoms with E-state index in [0.29, 0.717) is 19.6 Å². The van der Waals surface area contributed by atoms with E-state index in [9.17, 15) is 4.79 Å². The van der Waals surface area contributed by atoms with Gasteiger partial charge in [0.2, 0.25) is 0 Å². The van der Waals surface area contributed by atoms with Crippen molar-refractivity contribution in [3.05, 3.63) is 43.0 Å². The largest absolute Gasteiger partial charge is 0.485 e. The number of urea groups is 1. The van der Waals surface area contributed by atoms with Gasteiger partial charge in [0, 0.05) is 39.1 Å². The first kappa shape index (κ1) is 17.1. The van der Waals surface area contributed by atoms with Gasteiger partial charge in [0.15, 0.2) is 0 Å². The van der Waals surface area contributed by atoms with E-state index in [1.165, 1.54) is 0 Å². The van der Waals surface area contributed by atoms with Gasteiger partial charge in [0.25, 0.3) is 0 Å². The smallest absolute Gasteiger partial charge is 0.317 e. The third-order valence-corrected chi connectivity index (χ3v) is 4.33. The Hall–Kier alpha value is -2.70. The molecule has 0 fully saturated rings. The predicted octanol–water partition coefficient (Wildman–Crippen LogP) is 1.81. The van der Waals surface area contributed by atoms with Crippen LogP contribution >= 0.6 is 0 Å². The molecule has 1 aliphatic rings. The van der Waals surface area contributed by atoms with Crippen molar-refractivity contribution in [3.63, 3.8) is 0 Å². The third-order valence-electron chi connectivity index (χ3n) is 4.33. The van der Waals surface area contributed by atoms with Crippen molar-refractivity contribution in [2.75, 3.05) is 38.1 Å². The quantitative estimate of drug-likeness (QED) is 0.869. The van der Waals surface area contributed by atoms with Gasteiger partial charge in [-0.15, -0.1) is 0 Å². The summed E-state index contributed by atoms with van der Waals surface area (Å²) in [7, 11) is 1.80. The van der Waals surface area contributed by atoms with Gasteiger partial charge in [-0.05, 0) is 19.1 Å². The zero-order valence-electron chi connectivity index (χ0n) is 14.8. The van der Waals surface area contributed by atoms with E-state index in [4.69, 9.17) is 4.74 Å². The number of rotatable bonds is 6. The van der Waals surface area contributed by atoms with E-state index in [0.717, 1.165) is 24.5 Å². The number of anilines is 1. The number of fused-ring (bicyclic) bond motifs is 1. The summed E-state index contributed by atoms with van der Waals surface area (Å²) in [5, 5.41) is 2.92. The highest BCUT2D eigenvalue weighted by Crippen LogP contribution is 2.32. The van der Waals surface area contributed by atoms with Crippen LogP contribution in [-0.2, 0) is 6.54 Å². The number of benzene rings is 1. The Morgan fingerprint density at radius 3 is 3.04 bits per heavy atom. The van der Waals surface area contributed by atoms with Gasteiger partial charge in [-0.1, -0.05) is 12.1 Å². The van der Waals surface area contributed by atoms with Crippen LogP contribution in [0.15, 0.2) is 43.0 Å². The van der Waals surface area contributed by atoms with Crippen molar-refractivity contribution in [2.45, 2.75) is 19.6 Å². The maximum Gasteiger partial charge on any atom is 0.317 e. The number of para-hydroxylation sites is 2. The molecule has 2 aromatic rings. The lowest BCUT2D eigenvalue weighted by atomic mass is 10.2. The number of nitrogens with zero attached hydrogens (tertiary/aromatic N) is 4. The monoisotopic (exact) mass is 343 g/mol. The van der Waals surface area contributed by atoms with Crippen LogP contribution in [0.25, 0.3) is 0 Å². The van der Waals surface area contributed by atoms with Crippen molar-refractivity contribution in [1.29, 1.82) is 0 Å². The molecule has 25 heavy (non-hydrogen) atoms. The van der Waals surface area contributed by atoms with Crippen LogP contribution in [0.4, 0.5) is 10.5 Å². The van der Waals surface area contributed by atoms with Crippen LogP contribution in [0.5, 0.6) is 5.75 Å². The van der Waals surface area contributed by atoms with E-state index < -0.39 is 0 Å². The van der Waals surface area contributed by atoms with Gasteiger partial charge in [-0.3, -0.25) is 0 Å². The maximum atomic E-state index is 12.3. The van der Waals surface area contributed by atoms with E-state index in [-0.39, 0.29) is 12.1 Å². The SMILES string of the molecule is CCN1C[C@H](CN(C)C(=O)NCCn2ccnc2)Oc2ccccc21. The van der Waals surface area contributed by atoms with E-state index in [1.807, 2.05) is 29.0 Å². The van der Waals surface area contributed by atoms with Crippen LogP contribution in [0.3, 0.4) is 0 Å². The first-order valence-electron chi connectivity index (χ1n) is 8.62. The summed E-state index contributed by atoms with van der Waals surface area (Å²) >= 11 is 0. The summed E-state index contributed by atoms with van der Waals surface area (Å²) in [6.07, 6.45) is 5.30. The molecule has 1 atom stereocenters. The summed E-state index contributed by atoms with van der Waals surface area (Å²) < 4.78 is 8.00. The highest BCUT2D eigenvalue weighted by Gasteiger charge is 2.26. The first-order chi connectivity index (χ1) is 12.2. The number of hydrogen-bond donors (Lipinski definition) is 1. The number of imidazole rings is 1. The summed E-state index contributed by atoms with van der Waals surface area (Å²) in [5.74, 6) is 0.884. The van der Waals surface area contributed by atoms with E-state index >= 15 is 0 Å². The van der Waals surface area contributed by atoms with Crippen molar-refractivity contribution < 1.29 is 9.53 Å². The predicted molar refractivity (Wildman–Crippen MR) is 97.0 cm³/mol. The van der Waals surface area contributed by atoms with Gasteiger partial charge in [0.1, 0.15) is 11.9 Å². The zero-order valence-corrected chi connectivity index (χ0v) is 14.8. The van der Waals surface area contributed by atoms with Crippen molar-refractivity contribution in [3.8, 4) is 5.75 Å². The molecule has 0 radical (unpaired) electrons. The number of likely N-dealkylation sites (N-methyl/N-ethyl adjacent to an activating group) is 2. The fourth-order valence-electron chi connectivity index (χ4n) is 3.01. The second-order valence-electron chi connectivity index (χ2n) is 6.16. The minimum absolute atomic E-state index is 0.0424. The molecule has 0 saturated carbocycles. The summed E-state index contributed by atoms with van der Waals surface area (Å²) in [5.41, 5.74) is 1.12. The van der Waals surface area contributed by atoms with Gasteiger partial charge < -0.3 is 24.4 Å².